The van der Waals surface area contributed by atoms with Crippen LogP contribution in [0.5, 0.6) is 0 Å². The van der Waals surface area contributed by atoms with Crippen molar-refractivity contribution in [2.45, 2.75) is 58.9 Å². The summed E-state index contributed by atoms with van der Waals surface area (Å²) in [5.41, 5.74) is 2.32. The number of rotatable bonds is 6. The van der Waals surface area contributed by atoms with Crippen LogP contribution < -0.4 is 5.32 Å². The zero-order valence-electron chi connectivity index (χ0n) is 15.1. The second kappa shape index (κ2) is 8.14. The van der Waals surface area contributed by atoms with Crippen molar-refractivity contribution in [1.82, 2.24) is 5.32 Å². The highest BCUT2D eigenvalue weighted by Gasteiger charge is 2.22. The van der Waals surface area contributed by atoms with E-state index < -0.39 is 12.0 Å². The van der Waals surface area contributed by atoms with Gasteiger partial charge in [-0.05, 0) is 22.5 Å². The van der Waals surface area contributed by atoms with E-state index in [1.54, 1.807) is 0 Å². The molecule has 4 heteroatoms. The lowest BCUT2D eigenvalue weighted by molar-refractivity contribution is -0.145. The maximum atomic E-state index is 11.9. The lowest BCUT2D eigenvalue weighted by atomic mass is 9.86. The molecule has 0 bridgehead atoms. The largest absolute Gasteiger partial charge is 0.467 e. The van der Waals surface area contributed by atoms with E-state index in [9.17, 15) is 9.59 Å². The first-order valence-corrected chi connectivity index (χ1v) is 8.10. The molecule has 1 amide bonds. The summed E-state index contributed by atoms with van der Waals surface area (Å²) in [7, 11) is 1.34. The second-order valence-electron chi connectivity index (χ2n) is 7.39. The first-order valence-electron chi connectivity index (χ1n) is 8.10. The van der Waals surface area contributed by atoms with Gasteiger partial charge in [0, 0.05) is 12.8 Å². The number of ether oxygens (including phenoxy) is 1. The fourth-order valence-electron chi connectivity index (χ4n) is 2.34. The number of hydrogen-bond acceptors (Lipinski definition) is 3. The van der Waals surface area contributed by atoms with Gasteiger partial charge in [0.15, 0.2) is 0 Å². The Morgan fingerprint density at radius 3 is 2.13 bits per heavy atom. The molecular weight excluding hydrogens is 290 g/mol. The van der Waals surface area contributed by atoms with Crippen molar-refractivity contribution >= 4 is 11.9 Å². The van der Waals surface area contributed by atoms with Crippen molar-refractivity contribution in [2.24, 2.45) is 5.92 Å². The Kier molecular flexibility index (Phi) is 6.79. The van der Waals surface area contributed by atoms with Gasteiger partial charge < -0.3 is 10.1 Å². The fraction of sp³-hybridized carbons (Fsp3) is 0.579. The summed E-state index contributed by atoms with van der Waals surface area (Å²) in [6.45, 7) is 10.4. The molecule has 4 nitrogen and oxygen atoms in total. The smallest absolute Gasteiger partial charge is 0.328 e. The minimum absolute atomic E-state index is 0.0890. The van der Waals surface area contributed by atoms with Crippen LogP contribution in [0.1, 0.15) is 52.2 Å². The van der Waals surface area contributed by atoms with Crippen molar-refractivity contribution in [1.29, 1.82) is 0 Å². The van der Waals surface area contributed by atoms with Gasteiger partial charge in [-0.15, -0.1) is 0 Å². The summed E-state index contributed by atoms with van der Waals surface area (Å²) in [5, 5.41) is 2.78. The summed E-state index contributed by atoms with van der Waals surface area (Å²) < 4.78 is 4.81. The van der Waals surface area contributed by atoms with Crippen molar-refractivity contribution < 1.29 is 14.3 Å². The third kappa shape index (κ3) is 6.43. The number of methoxy groups -OCH3 is 1. The summed E-state index contributed by atoms with van der Waals surface area (Å²) in [6.07, 6.45) is 0.831. The van der Waals surface area contributed by atoms with Gasteiger partial charge in [0.1, 0.15) is 6.04 Å². The van der Waals surface area contributed by atoms with E-state index in [1.807, 2.05) is 26.0 Å². The van der Waals surface area contributed by atoms with Crippen LogP contribution in [0.2, 0.25) is 0 Å². The molecule has 0 aliphatic carbocycles. The van der Waals surface area contributed by atoms with Crippen LogP contribution >= 0.6 is 0 Å². The number of nitrogens with one attached hydrogen (secondary N) is 1. The number of carbonyl (C=O) groups excluding carboxylic acids is 2. The van der Waals surface area contributed by atoms with Crippen LogP contribution in [-0.4, -0.2) is 25.0 Å². The van der Waals surface area contributed by atoms with Gasteiger partial charge >= 0.3 is 5.97 Å². The number of carbonyl (C=O) groups is 2. The van der Waals surface area contributed by atoms with E-state index in [2.05, 4.69) is 38.2 Å². The highest BCUT2D eigenvalue weighted by Crippen LogP contribution is 2.22. The van der Waals surface area contributed by atoms with Crippen molar-refractivity contribution in [3.63, 3.8) is 0 Å². The molecule has 0 aliphatic rings. The summed E-state index contributed by atoms with van der Waals surface area (Å²) in [4.78, 5) is 23.9. The van der Waals surface area contributed by atoms with Gasteiger partial charge in [-0.25, -0.2) is 4.79 Å². The SMILES string of the molecule is COC(=O)[C@@H](Cc1ccc(C(C)(C)C)cc1)NC(=O)CC(C)C. The molecule has 1 N–H and O–H groups in total. The van der Waals surface area contributed by atoms with Crippen molar-refractivity contribution in [3.05, 3.63) is 35.4 Å². The van der Waals surface area contributed by atoms with Crippen LogP contribution in [0.15, 0.2) is 24.3 Å². The molecule has 1 rings (SSSR count). The van der Waals surface area contributed by atoms with Gasteiger partial charge in [0.2, 0.25) is 5.91 Å². The minimum Gasteiger partial charge on any atom is -0.467 e. The molecule has 0 saturated heterocycles. The second-order valence-corrected chi connectivity index (χ2v) is 7.39. The Labute approximate surface area is 139 Å². The molecule has 23 heavy (non-hydrogen) atoms. The first-order chi connectivity index (χ1) is 10.6. The van der Waals surface area contributed by atoms with E-state index in [-0.39, 0.29) is 17.2 Å². The highest BCUT2D eigenvalue weighted by molar-refractivity contribution is 5.84. The Balaban J connectivity index is 2.81. The number of esters is 1. The lowest BCUT2D eigenvalue weighted by Gasteiger charge is -2.20. The van der Waals surface area contributed by atoms with Gasteiger partial charge in [0.05, 0.1) is 7.11 Å². The number of benzene rings is 1. The van der Waals surface area contributed by atoms with Gasteiger partial charge in [-0.3, -0.25) is 4.79 Å². The van der Waals surface area contributed by atoms with Crippen LogP contribution in [-0.2, 0) is 26.2 Å². The average Bonchev–Trinajstić information content (AvgIpc) is 2.44. The van der Waals surface area contributed by atoms with Crippen LogP contribution in [0, 0.1) is 5.92 Å². The molecule has 0 unspecified atom stereocenters. The molecule has 1 atom stereocenters. The zero-order chi connectivity index (χ0) is 17.6. The molecule has 0 radical (unpaired) electrons. The summed E-state index contributed by atoms with van der Waals surface area (Å²) >= 11 is 0. The zero-order valence-corrected chi connectivity index (χ0v) is 15.1. The van der Waals surface area contributed by atoms with Crippen LogP contribution in [0.4, 0.5) is 0 Å². The third-order valence-corrected chi connectivity index (χ3v) is 3.67. The Morgan fingerprint density at radius 1 is 1.13 bits per heavy atom. The van der Waals surface area contributed by atoms with Gasteiger partial charge in [-0.1, -0.05) is 58.9 Å². The van der Waals surface area contributed by atoms with E-state index in [0.29, 0.717) is 12.8 Å². The maximum absolute atomic E-state index is 11.9. The van der Waals surface area contributed by atoms with Gasteiger partial charge in [-0.2, -0.15) is 0 Å². The molecule has 1 aromatic carbocycles. The normalized spacial score (nSPS) is 12.8. The standard InChI is InChI=1S/C19H29NO3/c1-13(2)11-17(21)20-16(18(22)23-6)12-14-7-9-15(10-8-14)19(3,4)5/h7-10,13,16H,11-12H2,1-6H3,(H,20,21)/t16-/m1/s1. The average molecular weight is 319 g/mol. The minimum atomic E-state index is -0.647. The molecule has 0 aliphatic heterocycles. The van der Waals surface area contributed by atoms with E-state index >= 15 is 0 Å². The molecular formula is C19H29NO3. The molecule has 0 spiro atoms. The number of amides is 1. The molecule has 0 saturated carbocycles. The number of hydrogen-bond donors (Lipinski definition) is 1. The molecule has 1 aromatic rings. The Hall–Kier alpha value is -1.84. The highest BCUT2D eigenvalue weighted by atomic mass is 16.5. The van der Waals surface area contributed by atoms with Crippen molar-refractivity contribution in [2.75, 3.05) is 7.11 Å². The Morgan fingerprint density at radius 2 is 1.70 bits per heavy atom. The van der Waals surface area contributed by atoms with Crippen molar-refractivity contribution in [3.8, 4) is 0 Å². The Bertz CT molecular complexity index is 527. The van der Waals surface area contributed by atoms with E-state index in [1.165, 1.54) is 12.7 Å². The monoisotopic (exact) mass is 319 g/mol. The third-order valence-electron chi connectivity index (χ3n) is 3.67. The summed E-state index contributed by atoms with van der Waals surface area (Å²) in [5.74, 6) is -0.289. The molecule has 0 fully saturated rings. The lowest BCUT2D eigenvalue weighted by Crippen LogP contribution is -2.43. The molecule has 0 aromatic heterocycles. The summed E-state index contributed by atoms with van der Waals surface area (Å²) in [6, 6.07) is 7.50. The van der Waals surface area contributed by atoms with E-state index in [4.69, 9.17) is 4.74 Å². The maximum Gasteiger partial charge on any atom is 0.328 e. The fourth-order valence-corrected chi connectivity index (χ4v) is 2.34. The molecule has 128 valence electrons. The van der Waals surface area contributed by atoms with Gasteiger partial charge in [0.25, 0.3) is 0 Å². The van der Waals surface area contributed by atoms with Crippen LogP contribution in [0.25, 0.3) is 0 Å². The first kappa shape index (κ1) is 19.2. The topological polar surface area (TPSA) is 55.4 Å². The predicted octanol–water partition coefficient (Wildman–Crippen LogP) is 3.23. The quantitative estimate of drug-likeness (QED) is 0.819. The molecule has 0 heterocycles. The predicted molar refractivity (Wildman–Crippen MR) is 92.2 cm³/mol. The van der Waals surface area contributed by atoms with E-state index in [0.717, 1.165) is 5.56 Å². The van der Waals surface area contributed by atoms with Crippen LogP contribution in [0.3, 0.4) is 0 Å².